The Bertz CT molecular complexity index is 416. The number of hydrogen-bond donors (Lipinski definition) is 0. The third kappa shape index (κ3) is 2.47. The molecule has 0 aliphatic carbocycles. The molecular formula is C10H7BrF2O2. The Labute approximate surface area is 93.4 Å². The molecule has 1 aromatic carbocycles. The van der Waals surface area contributed by atoms with E-state index in [-0.39, 0.29) is 26.9 Å². The number of carbonyl (C=O) groups is 2. The summed E-state index contributed by atoms with van der Waals surface area (Å²) in [5, 5.41) is 0. The number of aldehydes is 1. The molecule has 0 amide bonds. The van der Waals surface area contributed by atoms with Gasteiger partial charge in [0.1, 0.15) is 6.29 Å². The molecule has 1 aromatic rings. The number of benzene rings is 1. The standard InChI is InChI=1S/C10H7BrF2O2/c1-5(15)7-2-6(4-14)3-8(9(7)11)10(12)13/h2-4,10H,1H3. The molecule has 0 atom stereocenters. The summed E-state index contributed by atoms with van der Waals surface area (Å²) >= 11 is 2.93. The lowest BCUT2D eigenvalue weighted by atomic mass is 10.0. The highest BCUT2D eigenvalue weighted by Crippen LogP contribution is 2.31. The van der Waals surface area contributed by atoms with Crippen molar-refractivity contribution >= 4 is 28.0 Å². The van der Waals surface area contributed by atoms with Crippen molar-refractivity contribution in [3.63, 3.8) is 0 Å². The lowest BCUT2D eigenvalue weighted by Crippen LogP contribution is -2.00. The van der Waals surface area contributed by atoms with Crippen LogP contribution >= 0.6 is 15.9 Å². The molecule has 0 aliphatic rings. The van der Waals surface area contributed by atoms with Crippen LogP contribution < -0.4 is 0 Å². The SMILES string of the molecule is CC(=O)c1cc(C=O)cc(C(F)F)c1Br. The van der Waals surface area contributed by atoms with Crippen LogP contribution in [0.15, 0.2) is 16.6 Å². The van der Waals surface area contributed by atoms with Gasteiger partial charge in [0.15, 0.2) is 5.78 Å². The van der Waals surface area contributed by atoms with Crippen LogP contribution in [0.2, 0.25) is 0 Å². The van der Waals surface area contributed by atoms with E-state index in [1.807, 2.05) is 0 Å². The van der Waals surface area contributed by atoms with Crippen LogP contribution in [0.25, 0.3) is 0 Å². The normalized spacial score (nSPS) is 10.5. The average molecular weight is 277 g/mol. The number of carbonyl (C=O) groups excluding carboxylic acids is 2. The van der Waals surface area contributed by atoms with Crippen molar-refractivity contribution in [2.75, 3.05) is 0 Å². The average Bonchev–Trinajstić information content (AvgIpc) is 2.17. The van der Waals surface area contributed by atoms with E-state index in [0.29, 0.717) is 6.29 Å². The zero-order valence-corrected chi connectivity index (χ0v) is 9.35. The smallest absolute Gasteiger partial charge is 0.264 e. The van der Waals surface area contributed by atoms with E-state index in [1.54, 1.807) is 0 Å². The van der Waals surface area contributed by atoms with Gasteiger partial charge >= 0.3 is 0 Å². The van der Waals surface area contributed by atoms with Gasteiger partial charge in [-0.1, -0.05) is 0 Å². The van der Waals surface area contributed by atoms with E-state index < -0.39 is 6.43 Å². The van der Waals surface area contributed by atoms with Crippen LogP contribution in [0.5, 0.6) is 0 Å². The topological polar surface area (TPSA) is 34.1 Å². The summed E-state index contributed by atoms with van der Waals surface area (Å²) in [7, 11) is 0. The second kappa shape index (κ2) is 4.61. The monoisotopic (exact) mass is 276 g/mol. The van der Waals surface area contributed by atoms with Crippen molar-refractivity contribution in [1.82, 2.24) is 0 Å². The van der Waals surface area contributed by atoms with Crippen molar-refractivity contribution in [3.8, 4) is 0 Å². The third-order valence-electron chi connectivity index (χ3n) is 1.87. The lowest BCUT2D eigenvalue weighted by Gasteiger charge is -2.08. The van der Waals surface area contributed by atoms with Crippen LogP contribution in [0.4, 0.5) is 8.78 Å². The van der Waals surface area contributed by atoms with Crippen molar-refractivity contribution in [2.45, 2.75) is 13.3 Å². The molecule has 80 valence electrons. The minimum absolute atomic E-state index is 0.0515. The number of halogens is 3. The number of ketones is 1. The second-order valence-electron chi connectivity index (χ2n) is 2.95. The minimum atomic E-state index is -2.72. The zero-order chi connectivity index (χ0) is 11.6. The molecule has 1 rings (SSSR count). The van der Waals surface area contributed by atoms with Gasteiger partial charge in [-0.3, -0.25) is 9.59 Å². The number of hydrogen-bond acceptors (Lipinski definition) is 2. The summed E-state index contributed by atoms with van der Waals surface area (Å²) < 4.78 is 25.1. The van der Waals surface area contributed by atoms with E-state index in [0.717, 1.165) is 6.07 Å². The Balaban J connectivity index is 3.46. The molecule has 0 aliphatic heterocycles. The van der Waals surface area contributed by atoms with Crippen LogP contribution in [-0.4, -0.2) is 12.1 Å². The summed E-state index contributed by atoms with van der Waals surface area (Å²) in [4.78, 5) is 21.6. The molecule has 0 saturated carbocycles. The highest BCUT2D eigenvalue weighted by Gasteiger charge is 2.18. The Morgan fingerprint density at radius 2 is 2.07 bits per heavy atom. The van der Waals surface area contributed by atoms with E-state index >= 15 is 0 Å². The van der Waals surface area contributed by atoms with E-state index in [2.05, 4.69) is 15.9 Å². The molecule has 0 aromatic heterocycles. The summed E-state index contributed by atoms with van der Waals surface area (Å²) in [6.07, 6.45) is -2.29. The maximum Gasteiger partial charge on any atom is 0.264 e. The molecule has 2 nitrogen and oxygen atoms in total. The molecule has 5 heteroatoms. The molecule has 0 spiro atoms. The van der Waals surface area contributed by atoms with Gasteiger partial charge in [-0.05, 0) is 35.0 Å². The molecule has 0 N–H and O–H groups in total. The second-order valence-corrected chi connectivity index (χ2v) is 3.74. The minimum Gasteiger partial charge on any atom is -0.298 e. The maximum absolute atomic E-state index is 12.5. The lowest BCUT2D eigenvalue weighted by molar-refractivity contribution is 0.101. The molecule has 0 bridgehead atoms. The quantitative estimate of drug-likeness (QED) is 0.626. The molecule has 0 saturated heterocycles. The molecular weight excluding hydrogens is 270 g/mol. The van der Waals surface area contributed by atoms with Gasteiger partial charge in [0.2, 0.25) is 0 Å². The summed E-state index contributed by atoms with van der Waals surface area (Å²) in [6, 6.07) is 2.35. The van der Waals surface area contributed by atoms with E-state index in [4.69, 9.17) is 0 Å². The fraction of sp³-hybridized carbons (Fsp3) is 0.200. The highest BCUT2D eigenvalue weighted by molar-refractivity contribution is 9.10. The Kier molecular flexibility index (Phi) is 3.68. The van der Waals surface area contributed by atoms with Gasteiger partial charge in [-0.25, -0.2) is 8.78 Å². The van der Waals surface area contributed by atoms with Crippen LogP contribution in [0.1, 0.15) is 39.6 Å². The van der Waals surface area contributed by atoms with E-state index in [9.17, 15) is 18.4 Å². The summed E-state index contributed by atoms with van der Waals surface area (Å²) in [5.74, 6) is -0.368. The van der Waals surface area contributed by atoms with Crippen molar-refractivity contribution < 1.29 is 18.4 Å². The van der Waals surface area contributed by atoms with Crippen LogP contribution in [0, 0.1) is 0 Å². The van der Waals surface area contributed by atoms with Gasteiger partial charge < -0.3 is 0 Å². The molecule has 0 fully saturated rings. The predicted octanol–water partition coefficient (Wildman–Crippen LogP) is 3.40. The van der Waals surface area contributed by atoms with Gasteiger partial charge in [0.25, 0.3) is 6.43 Å². The largest absolute Gasteiger partial charge is 0.298 e. The first kappa shape index (κ1) is 12.0. The Morgan fingerprint density at radius 3 is 2.47 bits per heavy atom. The highest BCUT2D eigenvalue weighted by atomic mass is 79.9. The first-order valence-corrected chi connectivity index (χ1v) is 4.84. The molecule has 0 radical (unpaired) electrons. The van der Waals surface area contributed by atoms with Crippen molar-refractivity contribution in [2.24, 2.45) is 0 Å². The van der Waals surface area contributed by atoms with Crippen LogP contribution in [0.3, 0.4) is 0 Å². The van der Waals surface area contributed by atoms with Gasteiger partial charge in [0, 0.05) is 21.2 Å². The van der Waals surface area contributed by atoms with Gasteiger partial charge in [0.05, 0.1) is 0 Å². The number of rotatable bonds is 3. The third-order valence-corrected chi connectivity index (χ3v) is 2.76. The van der Waals surface area contributed by atoms with Gasteiger partial charge in [-0.2, -0.15) is 0 Å². The maximum atomic E-state index is 12.5. The van der Waals surface area contributed by atoms with Gasteiger partial charge in [-0.15, -0.1) is 0 Å². The summed E-state index contributed by atoms with van der Waals surface area (Å²) in [5.41, 5.74) is -0.182. The zero-order valence-electron chi connectivity index (χ0n) is 7.76. The van der Waals surface area contributed by atoms with Crippen molar-refractivity contribution in [3.05, 3.63) is 33.3 Å². The number of Topliss-reactive ketones (excluding diaryl/α,β-unsaturated/α-hetero) is 1. The predicted molar refractivity (Wildman–Crippen MR) is 54.5 cm³/mol. The first-order chi connectivity index (χ1) is 6.97. The summed E-state index contributed by atoms with van der Waals surface area (Å²) in [6.45, 7) is 1.25. The first-order valence-electron chi connectivity index (χ1n) is 4.05. The molecule has 15 heavy (non-hydrogen) atoms. The Hall–Kier alpha value is -1.10. The van der Waals surface area contributed by atoms with Crippen LogP contribution in [-0.2, 0) is 0 Å². The van der Waals surface area contributed by atoms with Crippen molar-refractivity contribution in [1.29, 1.82) is 0 Å². The number of alkyl halides is 2. The molecule has 0 unspecified atom stereocenters. The molecule has 0 heterocycles. The fourth-order valence-electron chi connectivity index (χ4n) is 1.15. The Morgan fingerprint density at radius 1 is 1.47 bits per heavy atom. The fourth-order valence-corrected chi connectivity index (χ4v) is 1.83. The van der Waals surface area contributed by atoms with E-state index in [1.165, 1.54) is 13.0 Å².